The number of hydrogen-bond donors (Lipinski definition) is 2. The maximum atomic E-state index is 10.7. The summed E-state index contributed by atoms with van der Waals surface area (Å²) in [5, 5.41) is 28.7. The van der Waals surface area contributed by atoms with E-state index in [1.807, 2.05) is 0 Å². The Labute approximate surface area is 155 Å². The first-order chi connectivity index (χ1) is 6.95. The fourth-order valence-electron chi connectivity index (χ4n) is 1.27. The Morgan fingerprint density at radius 2 is 1.70 bits per heavy atom. The summed E-state index contributed by atoms with van der Waals surface area (Å²) in [6.45, 7) is 1.34. The van der Waals surface area contributed by atoms with Gasteiger partial charge in [-0.2, -0.15) is 0 Å². The second-order valence-electron chi connectivity index (χ2n) is 2.98. The number of carboxylic acid groups (broad SMARTS) is 1. The molecule has 0 bridgehead atoms. The summed E-state index contributed by atoms with van der Waals surface area (Å²) in [5.74, 6) is -1.38. The van der Waals surface area contributed by atoms with Gasteiger partial charge < -0.3 is 59.8 Å². The van der Waals surface area contributed by atoms with Gasteiger partial charge in [0.05, 0.1) is 16.6 Å². The number of nitrogens with zero attached hydrogens (tertiary/aromatic N) is 1. The Hall–Kier alpha value is -0.0757. The van der Waals surface area contributed by atoms with Crippen LogP contribution in [0.2, 0.25) is 0 Å². The van der Waals surface area contributed by atoms with Crippen molar-refractivity contribution in [2.24, 2.45) is 0 Å². The maximum absolute atomic E-state index is 10.7. The van der Waals surface area contributed by atoms with Gasteiger partial charge in [0.2, 0.25) is 0 Å². The number of nitro groups is 1. The first-order valence-electron chi connectivity index (χ1n) is 4.13. The largest absolute Gasteiger partial charge is 4.00 e. The molecule has 6 nitrogen and oxygen atoms in total. The molecule has 11 heteroatoms. The number of benzene rings is 1. The van der Waals surface area contributed by atoms with Crippen LogP contribution in [-0.4, -0.2) is 21.1 Å². The monoisotopic (exact) mass is 399 g/mol. The molecule has 2 N–H and O–H groups in total. The topological polar surface area (TPSA) is 101 Å². The molecule has 0 spiro atoms. The van der Waals surface area contributed by atoms with Crippen LogP contribution in [0.4, 0.5) is 5.69 Å². The van der Waals surface area contributed by atoms with E-state index in [-0.39, 0.29) is 76.9 Å². The van der Waals surface area contributed by atoms with E-state index in [2.05, 4.69) is 0 Å². The molecule has 0 saturated carbocycles. The third kappa shape index (κ3) is 7.64. The van der Waals surface area contributed by atoms with Crippen molar-refractivity contribution < 1.29 is 91.3 Å². The van der Waals surface area contributed by atoms with Crippen LogP contribution in [0, 0.1) is 10.1 Å². The molecular formula is C9H9Cl4NO5Ti. The molecule has 20 heavy (non-hydrogen) atoms. The molecule has 0 aliphatic rings. The number of carboxylic acids is 1. The minimum atomic E-state index is -1.38. The number of hydrogen-bond acceptors (Lipinski definition) is 4. The predicted molar refractivity (Wildman–Crippen MR) is 50.7 cm³/mol. The number of para-hydroxylation sites is 1. The molecule has 1 atom stereocenters. The van der Waals surface area contributed by atoms with Crippen molar-refractivity contribution in [3.63, 3.8) is 0 Å². The number of halogens is 4. The van der Waals surface area contributed by atoms with Gasteiger partial charge in [-0.05, 0) is 19.1 Å². The van der Waals surface area contributed by atoms with Crippen LogP contribution in [0.25, 0.3) is 0 Å². The van der Waals surface area contributed by atoms with E-state index < -0.39 is 28.2 Å². The normalized spacial score (nSPS) is 9.10. The third-order valence-electron chi connectivity index (χ3n) is 1.93. The summed E-state index contributed by atoms with van der Waals surface area (Å²) in [7, 11) is 0. The summed E-state index contributed by atoms with van der Waals surface area (Å²) in [6, 6.07) is 3.82. The molecular weight excluding hydrogens is 392 g/mol. The van der Waals surface area contributed by atoms with Crippen LogP contribution >= 0.6 is 0 Å². The molecule has 0 aliphatic heterocycles. The molecule has 0 aromatic heterocycles. The van der Waals surface area contributed by atoms with Crippen molar-refractivity contribution >= 4 is 11.7 Å². The predicted octanol–water partition coefficient (Wildman–Crippen LogP) is -10.6. The average Bonchev–Trinajstić information content (AvgIpc) is 2.16. The number of aliphatic hydroxyl groups excluding tert-OH is 1. The van der Waals surface area contributed by atoms with Gasteiger partial charge in [-0.15, -0.1) is 0 Å². The van der Waals surface area contributed by atoms with Crippen LogP contribution in [0.1, 0.15) is 28.9 Å². The Bertz CT molecular complexity index is 433. The fraction of sp³-hybridized carbons (Fsp3) is 0.222. The van der Waals surface area contributed by atoms with Crippen LogP contribution in [-0.2, 0) is 21.7 Å². The van der Waals surface area contributed by atoms with Crippen LogP contribution in [0.15, 0.2) is 18.2 Å². The van der Waals surface area contributed by atoms with Crippen LogP contribution < -0.4 is 49.6 Å². The second kappa shape index (κ2) is 13.9. The van der Waals surface area contributed by atoms with E-state index in [0.29, 0.717) is 0 Å². The minimum Gasteiger partial charge on any atom is -1.00 e. The van der Waals surface area contributed by atoms with Gasteiger partial charge in [-0.3, -0.25) is 10.1 Å². The standard InChI is InChI=1S/C9H9NO5.4ClH.Ti/c1-5(11)6-3-2-4-7(9(12)13)8(6)10(14)15;;;;;/h2-5,11H,1H3,(H,12,13);4*1H;/q;;;;;+4/p-4. The van der Waals surface area contributed by atoms with Crippen LogP contribution in [0.3, 0.4) is 0 Å². The van der Waals surface area contributed by atoms with Gasteiger partial charge in [-0.1, -0.05) is 6.07 Å². The van der Waals surface area contributed by atoms with Crippen molar-refractivity contribution in [3.8, 4) is 0 Å². The van der Waals surface area contributed by atoms with Crippen LogP contribution in [0.5, 0.6) is 0 Å². The smallest absolute Gasteiger partial charge is 1.00 e. The Balaban J connectivity index is -0.000000150. The van der Waals surface area contributed by atoms with E-state index in [4.69, 9.17) is 5.11 Å². The van der Waals surface area contributed by atoms with Crippen molar-refractivity contribution in [2.45, 2.75) is 13.0 Å². The van der Waals surface area contributed by atoms with Gasteiger partial charge in [0.25, 0.3) is 5.69 Å². The molecule has 112 valence electrons. The maximum Gasteiger partial charge on any atom is 4.00 e. The van der Waals surface area contributed by atoms with Gasteiger partial charge in [0.15, 0.2) is 0 Å². The molecule has 0 fully saturated rings. The zero-order valence-corrected chi connectivity index (χ0v) is 14.5. The molecule has 0 saturated heterocycles. The molecule has 1 aromatic rings. The number of carbonyl (C=O) groups is 1. The molecule has 1 aromatic carbocycles. The SMILES string of the molecule is CC(O)c1cccc(C(=O)O)c1[N+](=O)[O-].[Cl-].[Cl-].[Cl-].[Cl-].[Ti+4]. The Morgan fingerprint density at radius 3 is 2.00 bits per heavy atom. The first-order valence-corrected chi connectivity index (χ1v) is 4.13. The van der Waals surface area contributed by atoms with Gasteiger partial charge in [-0.25, -0.2) is 4.79 Å². The summed E-state index contributed by atoms with van der Waals surface area (Å²) in [4.78, 5) is 20.6. The Kier molecular flexibility index (Phi) is 22.2. The number of aliphatic hydroxyl groups is 1. The van der Waals surface area contributed by atoms with Gasteiger partial charge in [0, 0.05) is 0 Å². The molecule has 0 amide bonds. The van der Waals surface area contributed by atoms with E-state index in [9.17, 15) is 20.0 Å². The molecule has 1 unspecified atom stereocenters. The fourth-order valence-corrected chi connectivity index (χ4v) is 1.27. The van der Waals surface area contributed by atoms with E-state index in [0.717, 1.165) is 6.07 Å². The average molecular weight is 401 g/mol. The summed E-state index contributed by atoms with van der Waals surface area (Å²) < 4.78 is 0. The number of rotatable bonds is 3. The van der Waals surface area contributed by atoms with Gasteiger partial charge >= 0.3 is 27.7 Å². The third-order valence-corrected chi connectivity index (χ3v) is 1.93. The second-order valence-corrected chi connectivity index (χ2v) is 2.98. The van der Waals surface area contributed by atoms with E-state index in [1.54, 1.807) is 0 Å². The number of aromatic carboxylic acids is 1. The van der Waals surface area contributed by atoms with E-state index in [1.165, 1.54) is 19.1 Å². The quantitative estimate of drug-likeness (QED) is 0.298. The summed E-state index contributed by atoms with van der Waals surface area (Å²) in [6.07, 6.45) is -1.08. The summed E-state index contributed by atoms with van der Waals surface area (Å²) in [5.41, 5.74) is -0.974. The molecule has 0 aliphatic carbocycles. The molecule has 0 heterocycles. The van der Waals surface area contributed by atoms with E-state index >= 15 is 0 Å². The van der Waals surface area contributed by atoms with Crippen molar-refractivity contribution in [2.75, 3.05) is 0 Å². The number of nitro benzene ring substituents is 1. The van der Waals surface area contributed by atoms with Crippen molar-refractivity contribution in [1.29, 1.82) is 0 Å². The van der Waals surface area contributed by atoms with Crippen molar-refractivity contribution in [3.05, 3.63) is 39.4 Å². The Morgan fingerprint density at radius 1 is 1.25 bits per heavy atom. The zero-order chi connectivity index (χ0) is 11.6. The van der Waals surface area contributed by atoms with Gasteiger partial charge in [0.1, 0.15) is 5.56 Å². The molecule has 0 radical (unpaired) electrons. The summed E-state index contributed by atoms with van der Waals surface area (Å²) >= 11 is 0. The minimum absolute atomic E-state index is 0. The first kappa shape index (κ1) is 32.0. The molecule has 1 rings (SSSR count). The zero-order valence-electron chi connectivity index (χ0n) is 9.89. The van der Waals surface area contributed by atoms with Crippen molar-refractivity contribution in [1.82, 2.24) is 0 Å².